The minimum Gasteiger partial charge on any atom is -0.318 e. The summed E-state index contributed by atoms with van der Waals surface area (Å²) in [5.74, 6) is 0. The van der Waals surface area contributed by atoms with Gasteiger partial charge in [-0.15, -0.1) is 0 Å². The van der Waals surface area contributed by atoms with Crippen molar-refractivity contribution in [3.8, 4) is 0 Å². The fraction of sp³-hybridized carbons (Fsp3) is 1.00. The van der Waals surface area contributed by atoms with Crippen molar-refractivity contribution in [2.24, 2.45) is 0 Å². The van der Waals surface area contributed by atoms with E-state index in [1.807, 2.05) is 6.92 Å². The Morgan fingerprint density at radius 3 is 2.82 bits per heavy atom. The monoisotopic (exact) mass is 165 g/mol. The Balaban J connectivity index is 2.19. The van der Waals surface area contributed by atoms with Gasteiger partial charge in [0.15, 0.2) is 0 Å². The van der Waals surface area contributed by atoms with E-state index in [2.05, 4.69) is 9.64 Å². The van der Waals surface area contributed by atoms with Gasteiger partial charge in [0.25, 0.3) is 0 Å². The molecule has 1 rings (SSSR count). The first kappa shape index (κ1) is 8.87. The molecule has 0 aliphatic carbocycles. The van der Waals surface area contributed by atoms with Gasteiger partial charge in [-0.3, -0.25) is 0 Å². The van der Waals surface area contributed by atoms with Gasteiger partial charge in [0.1, 0.15) is 0 Å². The highest BCUT2D eigenvalue weighted by Gasteiger charge is 2.24. The first-order valence-corrected chi connectivity index (χ1v) is 3.88. The Morgan fingerprint density at radius 1 is 1.64 bits per heavy atom. The third kappa shape index (κ3) is 2.71. The highest BCUT2D eigenvalue weighted by Crippen LogP contribution is 2.14. The highest BCUT2D eigenvalue weighted by atomic mass is 19.3. The van der Waals surface area contributed by atoms with Crippen LogP contribution in [0, 0.1) is 0 Å². The van der Waals surface area contributed by atoms with Gasteiger partial charge < -0.3 is 9.64 Å². The standard InChI is InChI=1S/C7H13F2NO/c1-2-10-4-3-6(5-10)11-7(8)9/h6-7H,2-5H2,1H3/t6-/m0/s1. The molecule has 1 fully saturated rings. The van der Waals surface area contributed by atoms with E-state index in [1.165, 1.54) is 0 Å². The van der Waals surface area contributed by atoms with E-state index in [-0.39, 0.29) is 6.10 Å². The molecule has 0 spiro atoms. The number of alkyl halides is 2. The molecule has 1 saturated heterocycles. The molecule has 0 radical (unpaired) electrons. The van der Waals surface area contributed by atoms with Gasteiger partial charge in [-0.2, -0.15) is 8.78 Å². The third-order valence-electron chi connectivity index (χ3n) is 1.97. The normalized spacial score (nSPS) is 26.7. The lowest BCUT2D eigenvalue weighted by Gasteiger charge is -2.12. The van der Waals surface area contributed by atoms with E-state index in [4.69, 9.17) is 0 Å². The van der Waals surface area contributed by atoms with Crippen molar-refractivity contribution in [3.05, 3.63) is 0 Å². The largest absolute Gasteiger partial charge is 0.345 e. The number of nitrogens with zero attached hydrogens (tertiary/aromatic N) is 1. The lowest BCUT2D eigenvalue weighted by atomic mass is 10.3. The van der Waals surface area contributed by atoms with Gasteiger partial charge in [-0.25, -0.2) is 0 Å². The summed E-state index contributed by atoms with van der Waals surface area (Å²) in [5, 5.41) is 0. The van der Waals surface area contributed by atoms with Gasteiger partial charge in [0, 0.05) is 13.1 Å². The number of likely N-dealkylation sites (tertiary alicyclic amines) is 1. The third-order valence-corrected chi connectivity index (χ3v) is 1.97. The zero-order valence-electron chi connectivity index (χ0n) is 6.59. The van der Waals surface area contributed by atoms with Gasteiger partial charge >= 0.3 is 6.61 Å². The molecule has 11 heavy (non-hydrogen) atoms. The average molecular weight is 165 g/mol. The summed E-state index contributed by atoms with van der Waals surface area (Å²) < 4.78 is 27.7. The Labute approximate surface area is 65.1 Å². The van der Waals surface area contributed by atoms with Gasteiger partial charge in [0.05, 0.1) is 6.10 Å². The maximum absolute atomic E-state index is 11.7. The van der Waals surface area contributed by atoms with Crippen LogP contribution in [0.15, 0.2) is 0 Å². The van der Waals surface area contributed by atoms with Crippen LogP contribution in [-0.2, 0) is 4.74 Å². The molecule has 1 aliphatic rings. The molecular formula is C7H13F2NO. The molecule has 66 valence electrons. The molecular weight excluding hydrogens is 152 g/mol. The molecule has 0 unspecified atom stereocenters. The van der Waals surface area contributed by atoms with Crippen LogP contribution < -0.4 is 0 Å². The van der Waals surface area contributed by atoms with Gasteiger partial charge in [-0.05, 0) is 13.0 Å². The highest BCUT2D eigenvalue weighted by molar-refractivity contribution is 4.74. The molecule has 0 amide bonds. The average Bonchev–Trinajstić information content (AvgIpc) is 2.34. The van der Waals surface area contributed by atoms with Crippen LogP contribution >= 0.6 is 0 Å². The quantitative estimate of drug-likeness (QED) is 0.625. The van der Waals surface area contributed by atoms with Crippen LogP contribution in [0.1, 0.15) is 13.3 Å². The number of ether oxygens (including phenoxy) is 1. The first-order valence-electron chi connectivity index (χ1n) is 3.88. The minimum absolute atomic E-state index is 0.255. The van der Waals surface area contributed by atoms with Crippen molar-refractivity contribution in [1.29, 1.82) is 0 Å². The first-order chi connectivity index (χ1) is 5.22. The number of likely N-dealkylation sites (N-methyl/N-ethyl adjacent to an activating group) is 1. The van der Waals surface area contributed by atoms with Crippen molar-refractivity contribution in [1.82, 2.24) is 4.90 Å². The molecule has 0 bridgehead atoms. The lowest BCUT2D eigenvalue weighted by Crippen LogP contribution is -2.24. The second kappa shape index (κ2) is 3.97. The van der Waals surface area contributed by atoms with Crippen LogP contribution in [0.4, 0.5) is 8.78 Å². The summed E-state index contributed by atoms with van der Waals surface area (Å²) in [4.78, 5) is 2.10. The fourth-order valence-corrected chi connectivity index (χ4v) is 1.34. The summed E-state index contributed by atoms with van der Waals surface area (Å²) in [7, 11) is 0. The molecule has 2 nitrogen and oxygen atoms in total. The van der Waals surface area contributed by atoms with Crippen LogP contribution in [0.2, 0.25) is 0 Å². The number of rotatable bonds is 3. The van der Waals surface area contributed by atoms with E-state index < -0.39 is 6.61 Å². The molecule has 1 atom stereocenters. The second-order valence-corrected chi connectivity index (χ2v) is 2.70. The van der Waals surface area contributed by atoms with E-state index in [0.29, 0.717) is 6.54 Å². The zero-order valence-corrected chi connectivity index (χ0v) is 6.59. The van der Waals surface area contributed by atoms with Crippen molar-refractivity contribution in [2.45, 2.75) is 26.1 Å². The van der Waals surface area contributed by atoms with Crippen molar-refractivity contribution in [2.75, 3.05) is 19.6 Å². The smallest absolute Gasteiger partial charge is 0.318 e. The molecule has 0 N–H and O–H groups in total. The Bertz CT molecular complexity index is 121. The predicted molar refractivity (Wildman–Crippen MR) is 37.6 cm³/mol. The van der Waals surface area contributed by atoms with Gasteiger partial charge in [-0.1, -0.05) is 6.92 Å². The zero-order chi connectivity index (χ0) is 8.27. The Kier molecular flexibility index (Phi) is 3.20. The van der Waals surface area contributed by atoms with Crippen molar-refractivity contribution >= 4 is 0 Å². The SMILES string of the molecule is CCN1CC[C@H](OC(F)F)C1. The Morgan fingerprint density at radius 2 is 2.36 bits per heavy atom. The van der Waals surface area contributed by atoms with Crippen LogP contribution in [-0.4, -0.2) is 37.2 Å². The molecule has 0 aromatic carbocycles. The lowest BCUT2D eigenvalue weighted by molar-refractivity contribution is -0.158. The number of halogens is 2. The molecule has 0 aromatic rings. The van der Waals surface area contributed by atoms with Crippen LogP contribution in [0.3, 0.4) is 0 Å². The maximum Gasteiger partial charge on any atom is 0.345 e. The number of hydrogen-bond acceptors (Lipinski definition) is 2. The molecule has 1 aliphatic heterocycles. The van der Waals surface area contributed by atoms with E-state index in [0.717, 1.165) is 19.5 Å². The summed E-state index contributed by atoms with van der Waals surface area (Å²) in [6.07, 6.45) is 0.480. The Hall–Kier alpha value is -0.220. The van der Waals surface area contributed by atoms with E-state index in [9.17, 15) is 8.78 Å². The van der Waals surface area contributed by atoms with Crippen LogP contribution in [0.25, 0.3) is 0 Å². The molecule has 0 saturated carbocycles. The number of hydrogen-bond donors (Lipinski definition) is 0. The molecule has 4 heteroatoms. The maximum atomic E-state index is 11.7. The fourth-order valence-electron chi connectivity index (χ4n) is 1.34. The van der Waals surface area contributed by atoms with Crippen molar-refractivity contribution in [3.63, 3.8) is 0 Å². The second-order valence-electron chi connectivity index (χ2n) is 2.70. The van der Waals surface area contributed by atoms with E-state index >= 15 is 0 Å². The van der Waals surface area contributed by atoms with Crippen LogP contribution in [0.5, 0.6) is 0 Å². The summed E-state index contributed by atoms with van der Waals surface area (Å²) in [6.45, 7) is 1.86. The van der Waals surface area contributed by atoms with Crippen molar-refractivity contribution < 1.29 is 13.5 Å². The topological polar surface area (TPSA) is 12.5 Å². The molecule has 1 heterocycles. The summed E-state index contributed by atoms with van der Waals surface area (Å²) in [5.41, 5.74) is 0. The predicted octanol–water partition coefficient (Wildman–Crippen LogP) is 1.32. The summed E-state index contributed by atoms with van der Waals surface area (Å²) in [6, 6.07) is 0. The van der Waals surface area contributed by atoms with Gasteiger partial charge in [0.2, 0.25) is 0 Å². The summed E-state index contributed by atoms with van der Waals surface area (Å²) >= 11 is 0. The minimum atomic E-state index is -2.61. The molecule has 0 aromatic heterocycles. The van der Waals surface area contributed by atoms with E-state index in [1.54, 1.807) is 0 Å².